The lowest BCUT2D eigenvalue weighted by Crippen LogP contribution is -2.39. The van der Waals surface area contributed by atoms with Gasteiger partial charge in [-0.3, -0.25) is 4.99 Å². The Balaban J connectivity index is 2.02. The molecule has 5 heteroatoms. The molecule has 1 aromatic heterocycles. The number of hydrogen-bond acceptors (Lipinski definition) is 4. The van der Waals surface area contributed by atoms with Gasteiger partial charge in [0.15, 0.2) is 5.84 Å². The third-order valence-electron chi connectivity index (χ3n) is 3.29. The third-order valence-corrected chi connectivity index (χ3v) is 3.72. The summed E-state index contributed by atoms with van der Waals surface area (Å²) in [5, 5.41) is 3.39. The number of fused-ring (bicyclic) bond motifs is 3. The molecule has 1 atom stereocenters. The molecular weight excluding hydrogens is 280 g/mol. The number of aromatic nitrogens is 1. The number of nitrogens with one attached hydrogen (secondary N) is 1. The number of aliphatic imine (C=N–C) groups is 1. The fraction of sp³-hybridized carbons (Fsp3) is 0.500. The molecule has 2 aliphatic heterocycles. The molecule has 1 N–H and O–H groups in total. The van der Waals surface area contributed by atoms with Crippen molar-refractivity contribution in [2.24, 2.45) is 10.9 Å². The van der Waals surface area contributed by atoms with E-state index >= 15 is 0 Å². The molecule has 1 aromatic rings. The highest BCUT2D eigenvalue weighted by Crippen LogP contribution is 2.28. The maximum Gasteiger partial charge on any atom is 0.153 e. The number of nitrogens with zero attached hydrogens (tertiary/aromatic N) is 3. The molecule has 0 aromatic carbocycles. The molecular formula is C12H15BrN4. The second-order valence-corrected chi connectivity index (χ2v) is 5.79. The number of rotatable bonds is 1. The van der Waals surface area contributed by atoms with Gasteiger partial charge in [-0.05, 0) is 27.9 Å². The molecule has 0 fully saturated rings. The zero-order valence-electron chi connectivity index (χ0n) is 9.94. The molecule has 0 radical (unpaired) electrons. The van der Waals surface area contributed by atoms with E-state index in [1.807, 2.05) is 6.20 Å². The smallest absolute Gasteiger partial charge is 0.153 e. The summed E-state index contributed by atoms with van der Waals surface area (Å²) < 4.78 is 0.996. The van der Waals surface area contributed by atoms with Gasteiger partial charge in [0.25, 0.3) is 0 Å². The van der Waals surface area contributed by atoms with Crippen molar-refractivity contribution in [1.29, 1.82) is 0 Å². The van der Waals surface area contributed by atoms with Gasteiger partial charge in [-0.25, -0.2) is 4.98 Å². The van der Waals surface area contributed by atoms with E-state index in [4.69, 9.17) is 4.99 Å². The number of halogens is 1. The lowest BCUT2D eigenvalue weighted by molar-refractivity contribution is 0.396. The molecule has 0 saturated heterocycles. The Labute approximate surface area is 109 Å². The second-order valence-electron chi connectivity index (χ2n) is 4.87. The summed E-state index contributed by atoms with van der Waals surface area (Å²) >= 11 is 3.44. The van der Waals surface area contributed by atoms with Crippen LogP contribution in [0.1, 0.15) is 19.5 Å². The Bertz CT molecular complexity index is 483. The topological polar surface area (TPSA) is 40.5 Å². The average Bonchev–Trinajstić information content (AvgIpc) is 2.72. The van der Waals surface area contributed by atoms with Gasteiger partial charge < -0.3 is 10.2 Å². The van der Waals surface area contributed by atoms with Crippen LogP contribution < -0.4 is 5.32 Å². The van der Waals surface area contributed by atoms with Crippen molar-refractivity contribution in [1.82, 2.24) is 9.88 Å². The molecule has 3 heterocycles. The Morgan fingerprint density at radius 3 is 3.12 bits per heavy atom. The van der Waals surface area contributed by atoms with Crippen molar-refractivity contribution >= 4 is 27.5 Å². The van der Waals surface area contributed by atoms with Crippen LogP contribution in [-0.2, 0) is 0 Å². The SMILES string of the molecule is CC(C)C1CN2CNc3cc(Br)cnc3C2=N1. The highest BCUT2D eigenvalue weighted by molar-refractivity contribution is 9.10. The minimum Gasteiger partial charge on any atom is -0.366 e. The highest BCUT2D eigenvalue weighted by Gasteiger charge is 2.32. The van der Waals surface area contributed by atoms with Crippen molar-refractivity contribution in [3.8, 4) is 0 Å². The normalized spacial score (nSPS) is 22.0. The molecule has 0 bridgehead atoms. The largest absolute Gasteiger partial charge is 0.366 e. The third kappa shape index (κ3) is 1.82. The standard InChI is InChI=1S/C12H15BrN4/c1-7(2)10-5-17-6-15-9-3-8(13)4-14-11(9)12(17)16-10/h3-4,7,10,15H,5-6H2,1-2H3. The molecule has 0 aliphatic carbocycles. The van der Waals surface area contributed by atoms with Crippen molar-refractivity contribution in [3.63, 3.8) is 0 Å². The summed E-state index contributed by atoms with van der Waals surface area (Å²) in [4.78, 5) is 11.6. The number of amidine groups is 1. The van der Waals surface area contributed by atoms with E-state index in [9.17, 15) is 0 Å². The first-order valence-electron chi connectivity index (χ1n) is 5.87. The van der Waals surface area contributed by atoms with Crippen molar-refractivity contribution < 1.29 is 0 Å². The fourth-order valence-corrected chi connectivity index (χ4v) is 2.57. The zero-order chi connectivity index (χ0) is 12.0. The Kier molecular flexibility index (Phi) is 2.58. The molecule has 0 amide bonds. The Morgan fingerprint density at radius 2 is 2.35 bits per heavy atom. The van der Waals surface area contributed by atoms with E-state index in [0.717, 1.165) is 34.9 Å². The van der Waals surface area contributed by atoms with Crippen LogP contribution in [0.3, 0.4) is 0 Å². The van der Waals surface area contributed by atoms with Crippen LogP contribution >= 0.6 is 15.9 Å². The van der Waals surface area contributed by atoms with Gasteiger partial charge in [0, 0.05) is 17.2 Å². The molecule has 90 valence electrons. The van der Waals surface area contributed by atoms with Crippen LogP contribution in [0.25, 0.3) is 0 Å². The molecule has 3 rings (SSSR count). The summed E-state index contributed by atoms with van der Waals surface area (Å²) in [6.07, 6.45) is 1.83. The average molecular weight is 295 g/mol. The van der Waals surface area contributed by atoms with Gasteiger partial charge in [0.05, 0.1) is 18.4 Å². The van der Waals surface area contributed by atoms with Gasteiger partial charge >= 0.3 is 0 Å². The van der Waals surface area contributed by atoms with E-state index in [1.54, 1.807) is 0 Å². The Hall–Kier alpha value is -1.10. The number of pyridine rings is 1. The van der Waals surface area contributed by atoms with Crippen LogP contribution in [0.2, 0.25) is 0 Å². The van der Waals surface area contributed by atoms with Crippen LogP contribution in [-0.4, -0.2) is 35.0 Å². The van der Waals surface area contributed by atoms with E-state index in [-0.39, 0.29) is 0 Å². The van der Waals surface area contributed by atoms with Crippen LogP contribution in [0.4, 0.5) is 5.69 Å². The maximum absolute atomic E-state index is 4.81. The van der Waals surface area contributed by atoms with Crippen molar-refractivity contribution in [2.45, 2.75) is 19.9 Å². The van der Waals surface area contributed by atoms with Gasteiger partial charge in [-0.2, -0.15) is 0 Å². The quantitative estimate of drug-likeness (QED) is 0.864. The minimum atomic E-state index is 0.392. The predicted molar refractivity (Wildman–Crippen MR) is 72.3 cm³/mol. The molecule has 2 aliphatic rings. The first-order chi connectivity index (χ1) is 8.15. The number of anilines is 1. The summed E-state index contributed by atoms with van der Waals surface area (Å²) in [7, 11) is 0. The van der Waals surface area contributed by atoms with Crippen LogP contribution in [0.15, 0.2) is 21.7 Å². The van der Waals surface area contributed by atoms with Crippen molar-refractivity contribution in [3.05, 3.63) is 22.4 Å². The van der Waals surface area contributed by atoms with Gasteiger partial charge in [-0.1, -0.05) is 13.8 Å². The van der Waals surface area contributed by atoms with E-state index in [2.05, 4.69) is 51.0 Å². The highest BCUT2D eigenvalue weighted by atomic mass is 79.9. The second kappa shape index (κ2) is 3.98. The zero-order valence-corrected chi connectivity index (χ0v) is 11.5. The monoisotopic (exact) mass is 294 g/mol. The lowest BCUT2D eigenvalue weighted by atomic mass is 10.1. The van der Waals surface area contributed by atoms with Crippen LogP contribution in [0.5, 0.6) is 0 Å². The first-order valence-corrected chi connectivity index (χ1v) is 6.67. The van der Waals surface area contributed by atoms with Crippen molar-refractivity contribution in [2.75, 3.05) is 18.5 Å². The minimum absolute atomic E-state index is 0.392. The molecule has 17 heavy (non-hydrogen) atoms. The summed E-state index contributed by atoms with van der Waals surface area (Å²) in [6, 6.07) is 2.45. The molecule has 1 unspecified atom stereocenters. The molecule has 0 spiro atoms. The summed E-state index contributed by atoms with van der Waals surface area (Å²) in [5.74, 6) is 1.62. The fourth-order valence-electron chi connectivity index (χ4n) is 2.23. The summed E-state index contributed by atoms with van der Waals surface area (Å²) in [5.41, 5.74) is 2.04. The molecule has 0 saturated carbocycles. The Morgan fingerprint density at radius 1 is 1.53 bits per heavy atom. The van der Waals surface area contributed by atoms with Gasteiger partial charge in [0.1, 0.15) is 5.69 Å². The number of hydrogen-bond donors (Lipinski definition) is 1. The van der Waals surface area contributed by atoms with E-state index < -0.39 is 0 Å². The maximum atomic E-state index is 4.81. The predicted octanol–water partition coefficient (Wildman–Crippen LogP) is 2.31. The van der Waals surface area contributed by atoms with E-state index in [1.165, 1.54) is 0 Å². The van der Waals surface area contributed by atoms with Gasteiger partial charge in [-0.15, -0.1) is 0 Å². The molecule has 4 nitrogen and oxygen atoms in total. The summed E-state index contributed by atoms with van der Waals surface area (Å²) in [6.45, 7) is 6.26. The first kappa shape index (κ1) is 11.0. The van der Waals surface area contributed by atoms with Crippen LogP contribution in [0, 0.1) is 5.92 Å². The van der Waals surface area contributed by atoms with E-state index in [0.29, 0.717) is 12.0 Å². The lowest BCUT2D eigenvalue weighted by Gasteiger charge is -2.28. The van der Waals surface area contributed by atoms with Gasteiger partial charge in [0.2, 0.25) is 0 Å².